The van der Waals surface area contributed by atoms with Crippen molar-refractivity contribution in [3.8, 4) is 0 Å². The summed E-state index contributed by atoms with van der Waals surface area (Å²) in [6.45, 7) is 2.05. The molecule has 2 unspecified atom stereocenters. The summed E-state index contributed by atoms with van der Waals surface area (Å²) in [6.07, 6.45) is 2.68. The number of carbonyl (C=O) groups is 2. The number of rotatable bonds is 5. The Morgan fingerprint density at radius 1 is 1.39 bits per heavy atom. The van der Waals surface area contributed by atoms with Gasteiger partial charge in [0.05, 0.1) is 18.6 Å². The lowest BCUT2D eigenvalue weighted by Gasteiger charge is -2.16. The van der Waals surface area contributed by atoms with Gasteiger partial charge in [0.25, 0.3) is 0 Å². The Kier molecular flexibility index (Phi) is 4.54. The van der Waals surface area contributed by atoms with Crippen LogP contribution in [0.25, 0.3) is 0 Å². The molecule has 1 N–H and O–H groups in total. The van der Waals surface area contributed by atoms with Gasteiger partial charge in [-0.25, -0.2) is 0 Å². The molecule has 0 radical (unpaired) electrons. The van der Waals surface area contributed by atoms with Crippen LogP contribution in [0.5, 0.6) is 0 Å². The minimum absolute atomic E-state index is 0.0200. The molecular weight excluding hydrogens is 238 g/mol. The average molecular weight is 257 g/mol. The van der Waals surface area contributed by atoms with Gasteiger partial charge in [0.1, 0.15) is 6.61 Å². The first-order valence-corrected chi connectivity index (χ1v) is 6.36. The number of hydrogen-bond donors (Lipinski definition) is 1. The van der Waals surface area contributed by atoms with Gasteiger partial charge in [-0.15, -0.1) is 0 Å². The van der Waals surface area contributed by atoms with Crippen molar-refractivity contribution in [2.75, 3.05) is 32.9 Å². The topological polar surface area (TPSA) is 76.1 Å². The summed E-state index contributed by atoms with van der Waals surface area (Å²) >= 11 is 0. The van der Waals surface area contributed by atoms with Gasteiger partial charge in [-0.2, -0.15) is 0 Å². The third-order valence-electron chi connectivity index (χ3n) is 3.44. The third kappa shape index (κ3) is 3.43. The SMILES string of the molecule is O=C(O)C1CCN(C(=O)COCC2CCCO2)C1. The molecule has 18 heavy (non-hydrogen) atoms. The van der Waals surface area contributed by atoms with E-state index in [1.165, 1.54) is 0 Å². The van der Waals surface area contributed by atoms with Crippen LogP contribution < -0.4 is 0 Å². The molecule has 0 bridgehead atoms. The van der Waals surface area contributed by atoms with E-state index in [-0.39, 0.29) is 18.6 Å². The summed E-state index contributed by atoms with van der Waals surface area (Å²) in [6, 6.07) is 0. The smallest absolute Gasteiger partial charge is 0.308 e. The molecule has 2 fully saturated rings. The van der Waals surface area contributed by atoms with E-state index in [2.05, 4.69) is 0 Å². The predicted octanol–water partition coefficient (Wildman–Crippen LogP) is 0.115. The first-order valence-electron chi connectivity index (χ1n) is 6.36. The Morgan fingerprint density at radius 2 is 2.22 bits per heavy atom. The van der Waals surface area contributed by atoms with Crippen molar-refractivity contribution in [2.24, 2.45) is 5.92 Å². The van der Waals surface area contributed by atoms with Crippen molar-refractivity contribution in [1.82, 2.24) is 4.90 Å². The molecule has 6 nitrogen and oxygen atoms in total. The van der Waals surface area contributed by atoms with Crippen molar-refractivity contribution in [3.05, 3.63) is 0 Å². The molecule has 1 amide bonds. The Bertz CT molecular complexity index is 314. The van der Waals surface area contributed by atoms with Crippen LogP contribution in [0.1, 0.15) is 19.3 Å². The first-order chi connectivity index (χ1) is 8.66. The lowest BCUT2D eigenvalue weighted by atomic mass is 10.1. The highest BCUT2D eigenvalue weighted by Gasteiger charge is 2.30. The molecule has 0 aliphatic carbocycles. The number of aliphatic carboxylic acids is 1. The lowest BCUT2D eigenvalue weighted by Crippen LogP contribution is -2.33. The van der Waals surface area contributed by atoms with Crippen molar-refractivity contribution >= 4 is 11.9 Å². The van der Waals surface area contributed by atoms with Gasteiger partial charge in [-0.1, -0.05) is 0 Å². The molecule has 2 aliphatic rings. The molecule has 2 heterocycles. The monoisotopic (exact) mass is 257 g/mol. The van der Waals surface area contributed by atoms with Crippen LogP contribution in [-0.2, 0) is 19.1 Å². The standard InChI is InChI=1S/C12H19NO5/c14-11(8-17-7-10-2-1-5-18-10)13-4-3-9(6-13)12(15)16/h9-10H,1-8H2,(H,15,16). The van der Waals surface area contributed by atoms with Crippen LogP contribution in [0.3, 0.4) is 0 Å². The number of nitrogens with zero attached hydrogens (tertiary/aromatic N) is 1. The van der Waals surface area contributed by atoms with Crippen molar-refractivity contribution in [1.29, 1.82) is 0 Å². The molecule has 2 rings (SSSR count). The molecule has 0 saturated carbocycles. The van der Waals surface area contributed by atoms with Crippen molar-refractivity contribution < 1.29 is 24.2 Å². The van der Waals surface area contributed by atoms with Crippen LogP contribution in [-0.4, -0.2) is 60.9 Å². The first kappa shape index (κ1) is 13.3. The van der Waals surface area contributed by atoms with Crippen molar-refractivity contribution in [2.45, 2.75) is 25.4 Å². The maximum absolute atomic E-state index is 11.8. The molecular formula is C12H19NO5. The van der Waals surface area contributed by atoms with Gasteiger partial charge < -0.3 is 19.5 Å². The van der Waals surface area contributed by atoms with Gasteiger partial charge in [0.2, 0.25) is 5.91 Å². The number of carbonyl (C=O) groups excluding carboxylic acids is 1. The summed E-state index contributed by atoms with van der Waals surface area (Å²) in [5.74, 6) is -1.38. The number of ether oxygens (including phenoxy) is 2. The predicted molar refractivity (Wildman–Crippen MR) is 62.1 cm³/mol. The summed E-state index contributed by atoms with van der Waals surface area (Å²) in [4.78, 5) is 24.1. The Balaban J connectivity index is 1.64. The largest absolute Gasteiger partial charge is 0.481 e. The lowest BCUT2D eigenvalue weighted by molar-refractivity contribution is -0.141. The molecule has 2 saturated heterocycles. The Labute approximate surface area is 106 Å². The van der Waals surface area contributed by atoms with Gasteiger partial charge in [-0.05, 0) is 19.3 Å². The number of likely N-dealkylation sites (tertiary alicyclic amines) is 1. The maximum atomic E-state index is 11.8. The summed E-state index contributed by atoms with van der Waals surface area (Å²) in [7, 11) is 0. The van der Waals surface area contributed by atoms with Crippen LogP contribution in [0.2, 0.25) is 0 Å². The average Bonchev–Trinajstić information content (AvgIpc) is 2.99. The Hall–Kier alpha value is -1.14. The number of amides is 1. The number of carboxylic acids is 1. The maximum Gasteiger partial charge on any atom is 0.308 e. The van der Waals surface area contributed by atoms with Crippen molar-refractivity contribution in [3.63, 3.8) is 0 Å². The van der Waals surface area contributed by atoms with E-state index in [0.29, 0.717) is 26.1 Å². The van der Waals surface area contributed by atoms with Crippen LogP contribution in [0, 0.1) is 5.92 Å². The van der Waals surface area contributed by atoms with E-state index in [4.69, 9.17) is 14.6 Å². The fourth-order valence-corrected chi connectivity index (χ4v) is 2.33. The van der Waals surface area contributed by atoms with E-state index in [1.807, 2.05) is 0 Å². The third-order valence-corrected chi connectivity index (χ3v) is 3.44. The quantitative estimate of drug-likeness (QED) is 0.756. The molecule has 2 atom stereocenters. The van der Waals surface area contributed by atoms with Crippen LogP contribution >= 0.6 is 0 Å². The zero-order chi connectivity index (χ0) is 13.0. The van der Waals surface area contributed by atoms with E-state index in [1.54, 1.807) is 4.90 Å². The molecule has 0 aromatic heterocycles. The second kappa shape index (κ2) is 6.15. The van der Waals surface area contributed by atoms with E-state index >= 15 is 0 Å². The highest BCUT2D eigenvalue weighted by Crippen LogP contribution is 2.16. The molecule has 6 heteroatoms. The molecule has 102 valence electrons. The van der Waals surface area contributed by atoms with E-state index in [9.17, 15) is 9.59 Å². The summed E-state index contributed by atoms with van der Waals surface area (Å²) in [5, 5.41) is 8.85. The highest BCUT2D eigenvalue weighted by molar-refractivity contribution is 5.79. The van der Waals surface area contributed by atoms with E-state index in [0.717, 1.165) is 19.4 Å². The molecule has 0 aromatic rings. The zero-order valence-electron chi connectivity index (χ0n) is 10.3. The zero-order valence-corrected chi connectivity index (χ0v) is 10.3. The fraction of sp³-hybridized carbons (Fsp3) is 0.833. The van der Waals surface area contributed by atoms with E-state index < -0.39 is 11.9 Å². The highest BCUT2D eigenvalue weighted by atomic mass is 16.5. The minimum atomic E-state index is -0.828. The summed E-state index contributed by atoms with van der Waals surface area (Å²) in [5.41, 5.74) is 0. The van der Waals surface area contributed by atoms with Gasteiger partial charge in [0, 0.05) is 19.7 Å². The molecule has 0 aromatic carbocycles. The van der Waals surface area contributed by atoms with Crippen LogP contribution in [0.15, 0.2) is 0 Å². The minimum Gasteiger partial charge on any atom is -0.481 e. The second-order valence-corrected chi connectivity index (χ2v) is 4.81. The Morgan fingerprint density at radius 3 is 2.83 bits per heavy atom. The normalized spacial score (nSPS) is 27.7. The van der Waals surface area contributed by atoms with Gasteiger partial charge >= 0.3 is 5.97 Å². The number of hydrogen-bond acceptors (Lipinski definition) is 4. The van der Waals surface area contributed by atoms with Crippen LogP contribution in [0.4, 0.5) is 0 Å². The fourth-order valence-electron chi connectivity index (χ4n) is 2.33. The van der Waals surface area contributed by atoms with Gasteiger partial charge in [0.15, 0.2) is 0 Å². The molecule has 2 aliphatic heterocycles. The second-order valence-electron chi connectivity index (χ2n) is 4.81. The summed E-state index contributed by atoms with van der Waals surface area (Å²) < 4.78 is 10.7. The number of carboxylic acid groups (broad SMARTS) is 1. The van der Waals surface area contributed by atoms with Gasteiger partial charge in [-0.3, -0.25) is 9.59 Å². The molecule has 0 spiro atoms.